The topological polar surface area (TPSA) is 93.4 Å². The molecule has 2 aliphatic rings. The lowest BCUT2D eigenvalue weighted by Gasteiger charge is -2.57. The second-order valence-electron chi connectivity index (χ2n) is 8.70. The van der Waals surface area contributed by atoms with Crippen LogP contribution in [0.4, 0.5) is 11.4 Å². The molecule has 2 unspecified atom stereocenters. The van der Waals surface area contributed by atoms with E-state index in [9.17, 15) is 9.59 Å². The van der Waals surface area contributed by atoms with Gasteiger partial charge in [0.1, 0.15) is 5.54 Å². The molecule has 2 atom stereocenters. The third-order valence-electron chi connectivity index (χ3n) is 6.60. The van der Waals surface area contributed by atoms with Gasteiger partial charge in [-0.15, -0.1) is 12.4 Å². The summed E-state index contributed by atoms with van der Waals surface area (Å²) in [4.78, 5) is 25.3. The van der Waals surface area contributed by atoms with Crippen molar-refractivity contribution in [3.8, 4) is 0 Å². The van der Waals surface area contributed by atoms with Crippen LogP contribution in [-0.4, -0.2) is 30.1 Å². The molecule has 2 aliphatic carbocycles. The second-order valence-corrected chi connectivity index (χ2v) is 8.70. The summed E-state index contributed by atoms with van der Waals surface area (Å²) in [5, 5.41) is 5.92. The van der Waals surface area contributed by atoms with Crippen molar-refractivity contribution in [1.82, 2.24) is 0 Å². The van der Waals surface area contributed by atoms with Gasteiger partial charge in [-0.1, -0.05) is 39.2 Å². The first-order valence-corrected chi connectivity index (χ1v) is 10.4. The monoisotopic (exact) mass is 423 g/mol. The lowest BCUT2D eigenvalue weighted by atomic mass is 9.54. The molecule has 1 aromatic rings. The van der Waals surface area contributed by atoms with E-state index in [0.717, 1.165) is 25.7 Å². The Labute approximate surface area is 179 Å². The van der Waals surface area contributed by atoms with E-state index in [-0.39, 0.29) is 36.2 Å². The third-order valence-corrected chi connectivity index (χ3v) is 6.60. The molecule has 2 saturated carbocycles. The molecule has 0 aliphatic heterocycles. The number of ether oxygens (including phenoxy) is 1. The Hall–Kier alpha value is -1.63. The van der Waals surface area contributed by atoms with Gasteiger partial charge in [0.15, 0.2) is 0 Å². The van der Waals surface area contributed by atoms with Gasteiger partial charge >= 0.3 is 0 Å². The highest BCUT2D eigenvalue weighted by Gasteiger charge is 2.62. The van der Waals surface area contributed by atoms with Crippen molar-refractivity contribution < 1.29 is 14.3 Å². The highest BCUT2D eigenvalue weighted by molar-refractivity contribution is 6.00. The quantitative estimate of drug-likeness (QED) is 0.642. The van der Waals surface area contributed by atoms with Crippen LogP contribution in [0.2, 0.25) is 0 Å². The fraction of sp³-hybridized carbons (Fsp3) is 0.636. The minimum absolute atomic E-state index is 0. The molecule has 162 valence electrons. The first kappa shape index (κ1) is 23.6. The number of anilines is 2. The van der Waals surface area contributed by atoms with Crippen molar-refractivity contribution in [1.29, 1.82) is 0 Å². The Morgan fingerprint density at radius 2 is 1.76 bits per heavy atom. The van der Waals surface area contributed by atoms with E-state index in [2.05, 4.69) is 10.6 Å². The first-order valence-electron chi connectivity index (χ1n) is 10.4. The maximum atomic E-state index is 12.9. The molecular weight excluding hydrogens is 390 g/mol. The van der Waals surface area contributed by atoms with E-state index in [4.69, 9.17) is 10.5 Å². The first-order chi connectivity index (χ1) is 13.3. The minimum Gasteiger partial charge on any atom is -0.378 e. The number of amides is 2. The zero-order valence-electron chi connectivity index (χ0n) is 17.6. The molecule has 2 amide bonds. The fourth-order valence-corrected chi connectivity index (χ4v) is 4.35. The average Bonchev–Trinajstić information content (AvgIpc) is 2.68. The normalized spacial score (nSPS) is 26.0. The van der Waals surface area contributed by atoms with E-state index in [0.29, 0.717) is 24.4 Å². The molecule has 2 fully saturated rings. The van der Waals surface area contributed by atoms with Crippen molar-refractivity contribution in [3.63, 3.8) is 0 Å². The maximum absolute atomic E-state index is 12.9. The van der Waals surface area contributed by atoms with Crippen LogP contribution in [0.25, 0.3) is 0 Å². The summed E-state index contributed by atoms with van der Waals surface area (Å²) in [6.07, 6.45) is 5.83. The largest absolute Gasteiger partial charge is 0.378 e. The Bertz CT molecular complexity index is 734. The highest BCUT2D eigenvalue weighted by Crippen LogP contribution is 2.50. The summed E-state index contributed by atoms with van der Waals surface area (Å²) in [7, 11) is 0. The number of hydrogen-bond donors (Lipinski definition) is 3. The Morgan fingerprint density at radius 3 is 2.34 bits per heavy atom. The van der Waals surface area contributed by atoms with Crippen LogP contribution in [0.5, 0.6) is 0 Å². The molecule has 0 radical (unpaired) electrons. The molecule has 7 heteroatoms. The lowest BCUT2D eigenvalue weighted by molar-refractivity contribution is -0.166. The van der Waals surface area contributed by atoms with Crippen LogP contribution < -0.4 is 16.4 Å². The summed E-state index contributed by atoms with van der Waals surface area (Å²) in [6, 6.07) is 7.26. The van der Waals surface area contributed by atoms with Crippen LogP contribution in [0.15, 0.2) is 24.3 Å². The van der Waals surface area contributed by atoms with Crippen LogP contribution in [0, 0.1) is 11.3 Å². The van der Waals surface area contributed by atoms with Crippen molar-refractivity contribution in [2.24, 2.45) is 17.1 Å². The van der Waals surface area contributed by atoms with Gasteiger partial charge in [-0.25, -0.2) is 0 Å². The molecular formula is C22H34ClN3O3. The van der Waals surface area contributed by atoms with Crippen molar-refractivity contribution in [3.05, 3.63) is 24.3 Å². The molecule has 0 bridgehead atoms. The fourth-order valence-electron chi connectivity index (χ4n) is 4.35. The number of carbonyl (C=O) groups is 2. The number of rotatable bonds is 6. The molecule has 29 heavy (non-hydrogen) atoms. The standard InChI is InChI=1S/C22H33N3O3.ClH/c1-4-28-18-14-22(23,21(18,2)3)20(27)25-17-12-8-11-16(13-17)24-19(26)15-9-6-5-7-10-15;/h8,11-13,15,18H,4-7,9-10,14,23H2,1-3H3,(H,24,26)(H,25,27);1H. The number of hydrogen-bond acceptors (Lipinski definition) is 4. The van der Waals surface area contributed by atoms with Crippen molar-refractivity contribution >= 4 is 35.6 Å². The van der Waals surface area contributed by atoms with Gasteiger partial charge in [-0.05, 0) is 38.0 Å². The Balaban J connectivity index is 0.00000300. The molecule has 6 nitrogen and oxygen atoms in total. The molecule has 3 rings (SSSR count). The predicted octanol–water partition coefficient (Wildman–Crippen LogP) is 4.10. The number of benzene rings is 1. The molecule has 1 aromatic carbocycles. The van der Waals surface area contributed by atoms with Crippen LogP contribution in [0.3, 0.4) is 0 Å². The summed E-state index contributed by atoms with van der Waals surface area (Å²) in [6.45, 7) is 6.49. The van der Waals surface area contributed by atoms with Crippen molar-refractivity contribution in [2.75, 3.05) is 17.2 Å². The van der Waals surface area contributed by atoms with Gasteiger partial charge in [-0.3, -0.25) is 9.59 Å². The molecule has 0 aromatic heterocycles. The summed E-state index contributed by atoms with van der Waals surface area (Å²) in [5.41, 5.74) is 6.35. The smallest absolute Gasteiger partial charge is 0.245 e. The maximum Gasteiger partial charge on any atom is 0.245 e. The van der Waals surface area contributed by atoms with E-state index in [1.165, 1.54) is 6.42 Å². The SMILES string of the molecule is CCOC1CC(N)(C(=O)Nc2cccc(NC(=O)C3CCCCC3)c2)C1(C)C.Cl. The third kappa shape index (κ3) is 4.76. The van der Waals surface area contributed by atoms with Gasteiger partial charge in [0.2, 0.25) is 11.8 Å². The zero-order valence-corrected chi connectivity index (χ0v) is 18.4. The van der Waals surface area contributed by atoms with Gasteiger partial charge in [0.25, 0.3) is 0 Å². The Kier molecular flexibility index (Phi) is 7.71. The van der Waals surface area contributed by atoms with Crippen LogP contribution in [0.1, 0.15) is 59.3 Å². The zero-order chi connectivity index (χ0) is 20.4. The summed E-state index contributed by atoms with van der Waals surface area (Å²) >= 11 is 0. The number of carbonyl (C=O) groups excluding carboxylic acids is 2. The molecule has 0 saturated heterocycles. The summed E-state index contributed by atoms with van der Waals surface area (Å²) < 4.78 is 5.70. The summed E-state index contributed by atoms with van der Waals surface area (Å²) in [5.74, 6) is -0.0621. The van der Waals surface area contributed by atoms with Gasteiger partial charge in [0, 0.05) is 35.7 Å². The Morgan fingerprint density at radius 1 is 1.14 bits per heavy atom. The van der Waals surface area contributed by atoms with Crippen molar-refractivity contribution in [2.45, 2.75) is 70.9 Å². The van der Waals surface area contributed by atoms with Crippen LogP contribution >= 0.6 is 12.4 Å². The lowest BCUT2D eigenvalue weighted by Crippen LogP contribution is -2.74. The van der Waals surface area contributed by atoms with Gasteiger partial charge < -0.3 is 21.1 Å². The van der Waals surface area contributed by atoms with E-state index in [1.54, 1.807) is 6.07 Å². The minimum atomic E-state index is -0.978. The molecule has 4 N–H and O–H groups in total. The van der Waals surface area contributed by atoms with Gasteiger partial charge in [0.05, 0.1) is 6.10 Å². The predicted molar refractivity (Wildman–Crippen MR) is 118 cm³/mol. The second kappa shape index (κ2) is 9.45. The molecule has 0 spiro atoms. The van der Waals surface area contributed by atoms with E-state index >= 15 is 0 Å². The number of nitrogens with one attached hydrogen (secondary N) is 2. The molecule has 0 heterocycles. The average molecular weight is 424 g/mol. The number of nitrogens with two attached hydrogens (primary N) is 1. The van der Waals surface area contributed by atoms with E-state index < -0.39 is 11.0 Å². The highest BCUT2D eigenvalue weighted by atomic mass is 35.5. The van der Waals surface area contributed by atoms with Crippen LogP contribution in [-0.2, 0) is 14.3 Å². The number of halogens is 1. The van der Waals surface area contributed by atoms with E-state index in [1.807, 2.05) is 39.0 Å². The van der Waals surface area contributed by atoms with Gasteiger partial charge in [-0.2, -0.15) is 0 Å².